The van der Waals surface area contributed by atoms with E-state index in [0.29, 0.717) is 0 Å². The van der Waals surface area contributed by atoms with Gasteiger partial charge in [-0.3, -0.25) is 5.41 Å². The summed E-state index contributed by atoms with van der Waals surface area (Å²) >= 11 is 1.68. The van der Waals surface area contributed by atoms with Gasteiger partial charge in [0.1, 0.15) is 0 Å². The third kappa shape index (κ3) is 2.19. The van der Waals surface area contributed by atoms with E-state index in [2.05, 4.69) is 0 Å². The van der Waals surface area contributed by atoms with E-state index < -0.39 is 0 Å². The number of thioether (sulfide) groups is 1. The molecule has 0 aromatic heterocycles. The van der Waals surface area contributed by atoms with E-state index in [1.165, 1.54) is 12.2 Å². The number of nitrogens with one attached hydrogen (secondary N) is 1. The Morgan fingerprint density at radius 3 is 2.43 bits per heavy atom. The van der Waals surface area contributed by atoms with Crippen molar-refractivity contribution < 1.29 is 12.4 Å². The largest absolute Gasteiger partial charge is 1.00 e. The molecule has 0 aromatic carbocycles. The molecule has 42 valence electrons. The van der Waals surface area contributed by atoms with Crippen LogP contribution in [-0.2, 0) is 0 Å². The van der Waals surface area contributed by atoms with Crippen molar-refractivity contribution in [3.05, 3.63) is 0 Å². The molecule has 1 fully saturated rings. The van der Waals surface area contributed by atoms with Crippen LogP contribution >= 0.6 is 11.8 Å². The van der Waals surface area contributed by atoms with Crippen LogP contribution in [0.3, 0.4) is 0 Å². The van der Waals surface area contributed by atoms with E-state index in [1.54, 1.807) is 11.8 Å². The average Bonchev–Trinajstić information content (AvgIpc) is 1.86. The van der Waals surface area contributed by atoms with Crippen molar-refractivity contribution in [2.24, 2.45) is 0 Å². The van der Waals surface area contributed by atoms with Crippen LogP contribution in [0.1, 0.15) is 12.8 Å². The topological polar surface area (TPSA) is 23.9 Å². The summed E-state index contributed by atoms with van der Waals surface area (Å²) in [6, 6.07) is 0. The zero-order chi connectivity index (χ0) is 4.41. The summed E-state index contributed by atoms with van der Waals surface area (Å²) in [4.78, 5) is 0. The van der Waals surface area contributed by atoms with Crippen molar-refractivity contribution in [3.8, 4) is 0 Å². The molecule has 0 atom stereocenters. The summed E-state index contributed by atoms with van der Waals surface area (Å²) in [5, 5.41) is 7.88. The van der Waals surface area contributed by atoms with E-state index in [1.807, 2.05) is 0 Å². The summed E-state index contributed by atoms with van der Waals surface area (Å²) in [5.74, 6) is 1.18. The van der Waals surface area contributed by atoms with Gasteiger partial charge in [-0.25, -0.2) is 0 Å². The highest BCUT2D eigenvalue weighted by atomic mass is 35.5. The molecule has 3 heteroatoms. The molecule has 1 nitrogen and oxygen atoms in total. The Morgan fingerprint density at radius 2 is 2.29 bits per heavy atom. The van der Waals surface area contributed by atoms with Gasteiger partial charge in [-0.05, 0) is 18.6 Å². The van der Waals surface area contributed by atoms with Crippen LogP contribution in [0, 0.1) is 5.41 Å². The predicted octanol–water partition coefficient (Wildman–Crippen LogP) is -1.51. The van der Waals surface area contributed by atoms with Gasteiger partial charge >= 0.3 is 0 Å². The number of rotatable bonds is 0. The molecule has 1 N–H and O–H groups in total. The van der Waals surface area contributed by atoms with Crippen LogP contribution in [0.25, 0.3) is 0 Å². The van der Waals surface area contributed by atoms with Crippen LogP contribution in [0.4, 0.5) is 0 Å². The molecule has 0 radical (unpaired) electrons. The fraction of sp³-hybridized carbons (Fsp3) is 0.750. The lowest BCUT2D eigenvalue weighted by Gasteiger charge is -1.77. The lowest BCUT2D eigenvalue weighted by atomic mass is 10.4. The Hall–Kier alpha value is 0.310. The van der Waals surface area contributed by atoms with Gasteiger partial charge in [0, 0.05) is 0 Å². The van der Waals surface area contributed by atoms with Crippen LogP contribution in [0.2, 0.25) is 0 Å². The zero-order valence-corrected chi connectivity index (χ0v) is 5.48. The Labute approximate surface area is 53.8 Å². The summed E-state index contributed by atoms with van der Waals surface area (Å²) < 4.78 is 0. The number of hydrogen-bond acceptors (Lipinski definition) is 2. The maximum Gasteiger partial charge on any atom is 0.0641 e. The third-order valence-electron chi connectivity index (χ3n) is 0.824. The minimum atomic E-state index is 0. The van der Waals surface area contributed by atoms with Crippen LogP contribution in [-0.4, -0.2) is 10.8 Å². The van der Waals surface area contributed by atoms with Gasteiger partial charge in [-0.2, -0.15) is 0 Å². The fourth-order valence-electron chi connectivity index (χ4n) is 0.500. The molecule has 7 heavy (non-hydrogen) atoms. The van der Waals surface area contributed by atoms with Gasteiger partial charge in [0.2, 0.25) is 0 Å². The lowest BCUT2D eigenvalue weighted by Crippen LogP contribution is -3.00. The van der Waals surface area contributed by atoms with Crippen LogP contribution in [0.5, 0.6) is 0 Å². The second-order valence-corrected chi connectivity index (χ2v) is 2.56. The molecule has 0 unspecified atom stereocenters. The first-order valence-corrected chi connectivity index (χ1v) is 3.08. The van der Waals surface area contributed by atoms with E-state index in [9.17, 15) is 0 Å². The first-order valence-electron chi connectivity index (χ1n) is 2.10. The third-order valence-corrected chi connectivity index (χ3v) is 1.87. The van der Waals surface area contributed by atoms with Crippen LogP contribution in [0.15, 0.2) is 0 Å². The lowest BCUT2D eigenvalue weighted by molar-refractivity contribution is -0.00000144. The predicted molar refractivity (Wildman–Crippen MR) is 29.4 cm³/mol. The second-order valence-electron chi connectivity index (χ2n) is 1.38. The van der Waals surface area contributed by atoms with Crippen molar-refractivity contribution in [3.63, 3.8) is 0 Å². The highest BCUT2D eigenvalue weighted by Gasteiger charge is 2.04. The monoisotopic (exact) mass is 136 g/mol. The Balaban J connectivity index is 0.000000360. The van der Waals surface area contributed by atoms with Crippen LogP contribution < -0.4 is 12.4 Å². The Kier molecular flexibility index (Phi) is 3.48. The molecule has 0 aromatic rings. The summed E-state index contributed by atoms with van der Waals surface area (Å²) in [6.45, 7) is 0. The maximum atomic E-state index is 7.01. The molecule has 0 spiro atoms. The molecule has 1 aliphatic heterocycles. The molecular formula is C4H7ClNS-. The fourth-order valence-corrected chi connectivity index (χ4v) is 1.32. The van der Waals surface area contributed by atoms with Gasteiger partial charge < -0.3 is 12.4 Å². The van der Waals surface area contributed by atoms with Crippen molar-refractivity contribution in [2.45, 2.75) is 12.8 Å². The van der Waals surface area contributed by atoms with Gasteiger partial charge in [0.15, 0.2) is 0 Å². The minimum absolute atomic E-state index is 0. The van der Waals surface area contributed by atoms with Gasteiger partial charge in [-0.1, -0.05) is 0 Å². The van der Waals surface area contributed by atoms with E-state index >= 15 is 0 Å². The standard InChI is InChI=1S/C4H7NS.ClH/c5-4-2-1-3-6-4;/h5H,1-3H2;1H/p-1. The molecule has 1 aliphatic rings. The van der Waals surface area contributed by atoms with Crippen molar-refractivity contribution in [1.29, 1.82) is 5.41 Å². The number of hydrogen-bond donors (Lipinski definition) is 1. The summed E-state index contributed by atoms with van der Waals surface area (Å²) in [6.07, 6.45) is 2.26. The highest BCUT2D eigenvalue weighted by Crippen LogP contribution is 2.17. The van der Waals surface area contributed by atoms with E-state index in [0.717, 1.165) is 11.5 Å². The summed E-state index contributed by atoms with van der Waals surface area (Å²) in [7, 11) is 0. The molecule has 1 heterocycles. The van der Waals surface area contributed by atoms with Crippen molar-refractivity contribution in [1.82, 2.24) is 0 Å². The van der Waals surface area contributed by atoms with Crippen molar-refractivity contribution in [2.75, 3.05) is 5.75 Å². The number of halogens is 1. The SMILES string of the molecule is N=C1CCCS1.[Cl-]. The van der Waals surface area contributed by atoms with E-state index in [4.69, 9.17) is 5.41 Å². The summed E-state index contributed by atoms with van der Waals surface area (Å²) in [5.41, 5.74) is 0. The Bertz CT molecular complexity index is 66.1. The second kappa shape index (κ2) is 3.33. The maximum absolute atomic E-state index is 7.01. The Morgan fingerprint density at radius 1 is 1.57 bits per heavy atom. The molecule has 1 saturated heterocycles. The molecule has 1 rings (SSSR count). The average molecular weight is 137 g/mol. The smallest absolute Gasteiger partial charge is 0.0641 e. The van der Waals surface area contributed by atoms with Gasteiger partial charge in [0.25, 0.3) is 0 Å². The van der Waals surface area contributed by atoms with Crippen molar-refractivity contribution >= 4 is 16.8 Å². The molecule has 0 saturated carbocycles. The van der Waals surface area contributed by atoms with E-state index in [-0.39, 0.29) is 12.4 Å². The molecule has 0 bridgehead atoms. The normalized spacial score (nSPS) is 19.1. The van der Waals surface area contributed by atoms with Gasteiger partial charge in [0.05, 0.1) is 5.04 Å². The minimum Gasteiger partial charge on any atom is -1.00 e. The molecule has 0 amide bonds. The molecule has 0 aliphatic carbocycles. The first kappa shape index (κ1) is 7.31. The highest BCUT2D eigenvalue weighted by molar-refractivity contribution is 8.14. The molecular weight excluding hydrogens is 130 g/mol. The quantitative estimate of drug-likeness (QED) is 0.431. The first-order chi connectivity index (χ1) is 2.89. The zero-order valence-electron chi connectivity index (χ0n) is 3.91. The van der Waals surface area contributed by atoms with Gasteiger partial charge in [-0.15, -0.1) is 11.8 Å².